The van der Waals surface area contributed by atoms with Crippen molar-refractivity contribution in [2.45, 2.75) is 13.5 Å². The average molecular weight is 383 g/mol. The molecule has 1 amide bonds. The summed E-state index contributed by atoms with van der Waals surface area (Å²) in [6.07, 6.45) is 5.09. The molecule has 6 nitrogen and oxygen atoms in total. The molecule has 3 rings (SSSR count). The molecule has 1 aromatic heterocycles. The van der Waals surface area contributed by atoms with Crippen LogP contribution in [0.15, 0.2) is 66.0 Å². The minimum Gasteiger partial charge on any atom is -0.483 e. The number of hydrogen-bond acceptors (Lipinski definition) is 4. The quantitative estimate of drug-likeness (QED) is 0.503. The molecular weight excluding hydrogens is 364 g/mol. The first-order valence-corrected chi connectivity index (χ1v) is 8.75. The second kappa shape index (κ2) is 9.00. The topological polar surface area (TPSA) is 68.5 Å². The Morgan fingerprint density at radius 1 is 1.30 bits per heavy atom. The van der Waals surface area contributed by atoms with E-state index in [1.165, 1.54) is 0 Å². The number of hydrazone groups is 1. The lowest BCUT2D eigenvalue weighted by Gasteiger charge is -2.08. The van der Waals surface area contributed by atoms with Gasteiger partial charge in [0.05, 0.1) is 19.0 Å². The van der Waals surface area contributed by atoms with Crippen molar-refractivity contribution in [3.63, 3.8) is 0 Å². The fraction of sp³-hybridized carbons (Fsp3) is 0.150. The molecule has 0 bridgehead atoms. The maximum atomic E-state index is 11.8. The number of halogens is 1. The Balaban J connectivity index is 1.46. The molecule has 0 atom stereocenters. The highest BCUT2D eigenvalue weighted by Crippen LogP contribution is 2.21. The van der Waals surface area contributed by atoms with Crippen molar-refractivity contribution >= 4 is 23.7 Å². The zero-order valence-electron chi connectivity index (χ0n) is 14.8. The van der Waals surface area contributed by atoms with E-state index >= 15 is 0 Å². The van der Waals surface area contributed by atoms with Gasteiger partial charge in [-0.25, -0.2) is 5.43 Å². The van der Waals surface area contributed by atoms with Crippen molar-refractivity contribution in [1.29, 1.82) is 0 Å². The SMILES string of the molecule is Cc1cc(Cl)ccc1OCC(=O)N/N=C\c1cnn(Cc2ccccc2)c1. The summed E-state index contributed by atoms with van der Waals surface area (Å²) in [7, 11) is 0. The van der Waals surface area contributed by atoms with Gasteiger partial charge in [0.15, 0.2) is 6.61 Å². The predicted molar refractivity (Wildman–Crippen MR) is 105 cm³/mol. The van der Waals surface area contributed by atoms with E-state index in [4.69, 9.17) is 16.3 Å². The highest BCUT2D eigenvalue weighted by atomic mass is 35.5. The molecule has 0 fully saturated rings. The van der Waals surface area contributed by atoms with E-state index in [-0.39, 0.29) is 12.5 Å². The van der Waals surface area contributed by atoms with Crippen LogP contribution in [0, 0.1) is 6.92 Å². The Bertz CT molecular complexity index is 938. The van der Waals surface area contributed by atoms with Gasteiger partial charge in [-0.15, -0.1) is 0 Å². The average Bonchev–Trinajstić information content (AvgIpc) is 3.09. The van der Waals surface area contributed by atoms with E-state index < -0.39 is 0 Å². The summed E-state index contributed by atoms with van der Waals surface area (Å²) >= 11 is 5.89. The van der Waals surface area contributed by atoms with Crippen LogP contribution in [0.25, 0.3) is 0 Å². The summed E-state index contributed by atoms with van der Waals surface area (Å²) in [5.74, 6) is 0.262. The van der Waals surface area contributed by atoms with E-state index in [9.17, 15) is 4.79 Å². The van der Waals surface area contributed by atoms with Gasteiger partial charge in [-0.05, 0) is 36.2 Å². The summed E-state index contributed by atoms with van der Waals surface area (Å²) in [5.41, 5.74) is 5.25. The fourth-order valence-electron chi connectivity index (χ4n) is 2.43. The minimum atomic E-state index is -0.350. The molecule has 0 saturated carbocycles. The van der Waals surface area contributed by atoms with Gasteiger partial charge in [-0.3, -0.25) is 9.48 Å². The lowest BCUT2D eigenvalue weighted by molar-refractivity contribution is -0.123. The number of carbonyl (C=O) groups excluding carboxylic acids is 1. The van der Waals surface area contributed by atoms with E-state index in [1.807, 2.05) is 48.1 Å². The standard InChI is InChI=1S/C20H19ClN4O2/c1-15-9-18(21)7-8-19(15)27-14-20(26)24-22-10-17-11-23-25(13-17)12-16-5-3-2-4-6-16/h2-11,13H,12,14H2,1H3,(H,24,26)/b22-10-. The number of aromatic nitrogens is 2. The monoisotopic (exact) mass is 382 g/mol. The number of aryl methyl sites for hydroxylation is 1. The number of ether oxygens (including phenoxy) is 1. The van der Waals surface area contributed by atoms with Crippen LogP contribution in [0.2, 0.25) is 5.02 Å². The van der Waals surface area contributed by atoms with Crippen molar-refractivity contribution in [2.24, 2.45) is 5.10 Å². The van der Waals surface area contributed by atoms with Crippen LogP contribution in [0.1, 0.15) is 16.7 Å². The first-order valence-electron chi connectivity index (χ1n) is 8.37. The van der Waals surface area contributed by atoms with Gasteiger partial charge < -0.3 is 4.74 Å². The van der Waals surface area contributed by atoms with Crippen LogP contribution in [-0.2, 0) is 11.3 Å². The minimum absolute atomic E-state index is 0.132. The van der Waals surface area contributed by atoms with Crippen LogP contribution in [0.5, 0.6) is 5.75 Å². The largest absolute Gasteiger partial charge is 0.483 e. The van der Waals surface area contributed by atoms with Gasteiger partial charge in [0.1, 0.15) is 5.75 Å². The summed E-state index contributed by atoms with van der Waals surface area (Å²) in [6, 6.07) is 15.3. The van der Waals surface area contributed by atoms with Crippen molar-refractivity contribution in [1.82, 2.24) is 15.2 Å². The van der Waals surface area contributed by atoms with Crippen molar-refractivity contribution in [3.05, 3.63) is 82.6 Å². The number of nitrogens with one attached hydrogen (secondary N) is 1. The van der Waals surface area contributed by atoms with Gasteiger partial charge in [0.2, 0.25) is 0 Å². The number of carbonyl (C=O) groups is 1. The molecule has 2 aromatic carbocycles. The molecule has 0 unspecified atom stereocenters. The second-order valence-corrected chi connectivity index (χ2v) is 6.38. The molecule has 27 heavy (non-hydrogen) atoms. The molecule has 0 spiro atoms. The van der Waals surface area contributed by atoms with E-state index in [2.05, 4.69) is 15.6 Å². The number of benzene rings is 2. The summed E-state index contributed by atoms with van der Waals surface area (Å²) < 4.78 is 7.28. The number of hydrogen-bond donors (Lipinski definition) is 1. The van der Waals surface area contributed by atoms with E-state index in [1.54, 1.807) is 30.6 Å². The third-order valence-corrected chi connectivity index (χ3v) is 3.97. The molecule has 0 saturated heterocycles. The van der Waals surface area contributed by atoms with Crippen LogP contribution < -0.4 is 10.2 Å². The third-order valence-electron chi connectivity index (χ3n) is 3.74. The highest BCUT2D eigenvalue weighted by molar-refractivity contribution is 6.30. The molecule has 0 radical (unpaired) electrons. The Labute approximate surface area is 162 Å². The molecule has 1 heterocycles. The van der Waals surface area contributed by atoms with Crippen molar-refractivity contribution in [2.75, 3.05) is 6.61 Å². The fourth-order valence-corrected chi connectivity index (χ4v) is 2.66. The number of rotatable bonds is 7. The van der Waals surface area contributed by atoms with Crippen molar-refractivity contribution in [3.8, 4) is 5.75 Å². The lowest BCUT2D eigenvalue weighted by Crippen LogP contribution is -2.24. The normalized spacial score (nSPS) is 10.9. The Morgan fingerprint density at radius 3 is 2.89 bits per heavy atom. The van der Waals surface area contributed by atoms with Gasteiger partial charge in [-0.1, -0.05) is 41.9 Å². The van der Waals surface area contributed by atoms with Crippen LogP contribution in [0.3, 0.4) is 0 Å². The summed E-state index contributed by atoms with van der Waals surface area (Å²) in [5, 5.41) is 8.84. The number of nitrogens with zero attached hydrogens (tertiary/aromatic N) is 3. The third kappa shape index (κ3) is 5.69. The zero-order valence-corrected chi connectivity index (χ0v) is 15.6. The van der Waals surface area contributed by atoms with Crippen molar-refractivity contribution < 1.29 is 9.53 Å². The zero-order chi connectivity index (χ0) is 19.1. The molecule has 1 N–H and O–H groups in total. The maximum absolute atomic E-state index is 11.8. The van der Waals surface area contributed by atoms with Gasteiger partial charge >= 0.3 is 0 Å². The predicted octanol–water partition coefficient (Wildman–Crippen LogP) is 3.42. The molecular formula is C20H19ClN4O2. The molecule has 7 heteroatoms. The first kappa shape index (κ1) is 18.7. The molecule has 3 aromatic rings. The maximum Gasteiger partial charge on any atom is 0.277 e. The summed E-state index contributed by atoms with van der Waals surface area (Å²) in [6.45, 7) is 2.41. The Kier molecular flexibility index (Phi) is 6.22. The van der Waals surface area contributed by atoms with E-state index in [0.29, 0.717) is 17.3 Å². The summed E-state index contributed by atoms with van der Waals surface area (Å²) in [4.78, 5) is 11.8. The molecule has 0 aliphatic rings. The molecule has 0 aliphatic heterocycles. The molecule has 0 aliphatic carbocycles. The molecule has 138 valence electrons. The lowest BCUT2D eigenvalue weighted by atomic mass is 10.2. The Hall–Kier alpha value is -3.12. The van der Waals surface area contributed by atoms with Crippen LogP contribution in [0.4, 0.5) is 0 Å². The van der Waals surface area contributed by atoms with E-state index in [0.717, 1.165) is 16.7 Å². The smallest absolute Gasteiger partial charge is 0.277 e. The number of amides is 1. The van der Waals surface area contributed by atoms with Gasteiger partial charge in [0.25, 0.3) is 5.91 Å². The van der Waals surface area contributed by atoms with Gasteiger partial charge in [-0.2, -0.15) is 10.2 Å². The second-order valence-electron chi connectivity index (χ2n) is 5.95. The van der Waals surface area contributed by atoms with Gasteiger partial charge in [0, 0.05) is 16.8 Å². The highest BCUT2D eigenvalue weighted by Gasteiger charge is 2.04. The first-order chi connectivity index (χ1) is 13.1. The van der Waals surface area contributed by atoms with Crippen LogP contribution >= 0.6 is 11.6 Å². The Morgan fingerprint density at radius 2 is 2.11 bits per heavy atom. The van der Waals surface area contributed by atoms with Crippen LogP contribution in [-0.4, -0.2) is 28.5 Å².